The molecule has 1 saturated heterocycles. The molecule has 1 fully saturated rings. The standard InChI is InChI=1S/C22H25N3O3S3/c1-14-15(2)30-22-20(14)21(23-16(3)24-22)29-12-19(26)25(11-17-7-5-4-6-8-17)18-9-10-31(27,28)13-18/h4-8,18H,9-13H2,1-3H3/t18-/m1/s1. The Balaban J connectivity index is 1.57. The third-order valence-electron chi connectivity index (χ3n) is 5.60. The Labute approximate surface area is 191 Å². The lowest BCUT2D eigenvalue weighted by Gasteiger charge is -2.28. The van der Waals surface area contributed by atoms with Gasteiger partial charge in [-0.1, -0.05) is 42.1 Å². The summed E-state index contributed by atoms with van der Waals surface area (Å²) in [5, 5.41) is 1.83. The van der Waals surface area contributed by atoms with Gasteiger partial charge in [-0.15, -0.1) is 11.3 Å². The van der Waals surface area contributed by atoms with Crippen LogP contribution in [0.25, 0.3) is 10.2 Å². The fraction of sp³-hybridized carbons (Fsp3) is 0.409. The summed E-state index contributed by atoms with van der Waals surface area (Å²) in [5.41, 5.74) is 2.15. The Bertz CT molecular complexity index is 1220. The van der Waals surface area contributed by atoms with Crippen LogP contribution in [0.1, 0.15) is 28.2 Å². The molecule has 0 spiro atoms. The Kier molecular flexibility index (Phi) is 6.37. The maximum Gasteiger partial charge on any atom is 0.233 e. The summed E-state index contributed by atoms with van der Waals surface area (Å²) in [5.74, 6) is 1.01. The number of amides is 1. The third-order valence-corrected chi connectivity index (χ3v) is 9.42. The van der Waals surface area contributed by atoms with Gasteiger partial charge in [-0.2, -0.15) is 0 Å². The smallest absolute Gasteiger partial charge is 0.233 e. The lowest BCUT2D eigenvalue weighted by molar-refractivity contribution is -0.130. The number of thiophene rings is 1. The summed E-state index contributed by atoms with van der Waals surface area (Å²) < 4.78 is 24.1. The topological polar surface area (TPSA) is 80.2 Å². The zero-order valence-electron chi connectivity index (χ0n) is 17.8. The zero-order chi connectivity index (χ0) is 22.2. The molecule has 1 aromatic carbocycles. The number of nitrogens with zero attached hydrogens (tertiary/aromatic N) is 3. The molecule has 2 aromatic heterocycles. The van der Waals surface area contributed by atoms with Gasteiger partial charge < -0.3 is 4.90 Å². The van der Waals surface area contributed by atoms with Gasteiger partial charge in [0.15, 0.2) is 9.84 Å². The summed E-state index contributed by atoms with van der Waals surface area (Å²) in [4.78, 5) is 26.3. The number of thioether (sulfide) groups is 1. The van der Waals surface area contributed by atoms with Crippen LogP contribution >= 0.6 is 23.1 Å². The normalized spacial score (nSPS) is 17.8. The molecule has 1 aliphatic rings. The molecule has 3 aromatic rings. The van der Waals surface area contributed by atoms with Crippen LogP contribution in [0.4, 0.5) is 0 Å². The maximum atomic E-state index is 13.3. The molecule has 1 aliphatic heterocycles. The van der Waals surface area contributed by atoms with Crippen molar-refractivity contribution in [1.29, 1.82) is 0 Å². The molecule has 4 rings (SSSR count). The fourth-order valence-electron chi connectivity index (χ4n) is 3.85. The Hall–Kier alpha value is -1.97. The van der Waals surface area contributed by atoms with Gasteiger partial charge in [0.1, 0.15) is 15.7 Å². The predicted molar refractivity (Wildman–Crippen MR) is 126 cm³/mol. The number of carbonyl (C=O) groups is 1. The minimum Gasteiger partial charge on any atom is -0.334 e. The number of hydrogen-bond acceptors (Lipinski definition) is 7. The molecular weight excluding hydrogens is 450 g/mol. The summed E-state index contributed by atoms with van der Waals surface area (Å²) in [6, 6.07) is 9.44. The minimum absolute atomic E-state index is 0.0376. The first kappa shape index (κ1) is 22.2. The summed E-state index contributed by atoms with van der Waals surface area (Å²) in [6.07, 6.45) is 0.491. The highest BCUT2D eigenvalue weighted by Crippen LogP contribution is 2.35. The van der Waals surface area contributed by atoms with Crippen molar-refractivity contribution in [1.82, 2.24) is 14.9 Å². The molecule has 31 heavy (non-hydrogen) atoms. The minimum atomic E-state index is -3.09. The highest BCUT2D eigenvalue weighted by Gasteiger charge is 2.34. The van der Waals surface area contributed by atoms with Crippen molar-refractivity contribution in [2.45, 2.75) is 44.8 Å². The molecule has 0 unspecified atom stereocenters. The van der Waals surface area contributed by atoms with Gasteiger partial charge >= 0.3 is 0 Å². The second-order valence-electron chi connectivity index (χ2n) is 7.89. The summed E-state index contributed by atoms with van der Waals surface area (Å²) in [7, 11) is -3.09. The number of sulfone groups is 1. The van der Waals surface area contributed by atoms with E-state index in [4.69, 9.17) is 0 Å². The van der Waals surface area contributed by atoms with Gasteiger partial charge in [0.2, 0.25) is 5.91 Å². The van der Waals surface area contributed by atoms with Crippen LogP contribution < -0.4 is 0 Å². The number of hydrogen-bond donors (Lipinski definition) is 0. The van der Waals surface area contributed by atoms with Crippen molar-refractivity contribution >= 4 is 49.1 Å². The highest BCUT2D eigenvalue weighted by atomic mass is 32.2. The highest BCUT2D eigenvalue weighted by molar-refractivity contribution is 8.00. The molecule has 0 saturated carbocycles. The quantitative estimate of drug-likeness (QED) is 0.397. The first-order valence-electron chi connectivity index (χ1n) is 10.1. The number of benzene rings is 1. The monoisotopic (exact) mass is 475 g/mol. The van der Waals surface area contributed by atoms with E-state index in [1.807, 2.05) is 37.3 Å². The van der Waals surface area contributed by atoms with Crippen LogP contribution in [-0.2, 0) is 21.2 Å². The van der Waals surface area contributed by atoms with Crippen LogP contribution in [0.5, 0.6) is 0 Å². The molecule has 1 atom stereocenters. The van der Waals surface area contributed by atoms with Crippen molar-refractivity contribution in [3.63, 3.8) is 0 Å². The van der Waals surface area contributed by atoms with Crippen molar-refractivity contribution in [2.75, 3.05) is 17.3 Å². The molecule has 1 amide bonds. The van der Waals surface area contributed by atoms with E-state index < -0.39 is 9.84 Å². The largest absolute Gasteiger partial charge is 0.334 e. The van der Waals surface area contributed by atoms with Crippen molar-refractivity contribution in [3.05, 3.63) is 52.2 Å². The predicted octanol–water partition coefficient (Wildman–Crippen LogP) is 3.92. The van der Waals surface area contributed by atoms with Crippen LogP contribution in [0.2, 0.25) is 0 Å². The van der Waals surface area contributed by atoms with Gasteiger partial charge in [0, 0.05) is 22.8 Å². The zero-order valence-corrected chi connectivity index (χ0v) is 20.2. The number of rotatable bonds is 6. The van der Waals surface area contributed by atoms with E-state index >= 15 is 0 Å². The van der Waals surface area contributed by atoms with Crippen LogP contribution in [0.15, 0.2) is 35.4 Å². The van der Waals surface area contributed by atoms with E-state index in [2.05, 4.69) is 23.8 Å². The van der Waals surface area contributed by atoms with Crippen LogP contribution in [0.3, 0.4) is 0 Å². The van der Waals surface area contributed by atoms with E-state index in [9.17, 15) is 13.2 Å². The number of fused-ring (bicyclic) bond motifs is 1. The van der Waals surface area contributed by atoms with Gasteiger partial charge in [0.25, 0.3) is 0 Å². The SMILES string of the molecule is Cc1nc(SCC(=O)N(Cc2ccccc2)[C@@H]2CCS(=O)(=O)C2)c2c(C)c(C)sc2n1. The molecular formula is C22H25N3O3S3. The average Bonchev–Trinajstić information content (AvgIpc) is 3.23. The lowest BCUT2D eigenvalue weighted by atomic mass is 10.1. The molecule has 0 bridgehead atoms. The van der Waals surface area contributed by atoms with Gasteiger partial charge in [-0.05, 0) is 38.3 Å². The van der Waals surface area contributed by atoms with E-state index in [1.54, 1.807) is 16.2 Å². The number of aromatic nitrogens is 2. The Morgan fingerprint density at radius 3 is 2.61 bits per heavy atom. The van der Waals surface area contributed by atoms with E-state index in [1.165, 1.54) is 16.6 Å². The van der Waals surface area contributed by atoms with E-state index in [0.717, 1.165) is 26.4 Å². The van der Waals surface area contributed by atoms with Gasteiger partial charge in [0.05, 0.1) is 17.3 Å². The van der Waals surface area contributed by atoms with Crippen molar-refractivity contribution in [3.8, 4) is 0 Å². The lowest BCUT2D eigenvalue weighted by Crippen LogP contribution is -2.41. The third kappa shape index (κ3) is 4.94. The fourth-order valence-corrected chi connectivity index (χ4v) is 7.74. The second kappa shape index (κ2) is 8.88. The molecule has 3 heterocycles. The molecule has 9 heteroatoms. The number of aryl methyl sites for hydroxylation is 3. The second-order valence-corrected chi connectivity index (χ2v) is 12.3. The summed E-state index contributed by atoms with van der Waals surface area (Å²) >= 11 is 3.06. The Morgan fingerprint density at radius 2 is 1.94 bits per heavy atom. The Morgan fingerprint density at radius 1 is 1.19 bits per heavy atom. The van der Waals surface area contributed by atoms with Crippen molar-refractivity contribution < 1.29 is 13.2 Å². The molecule has 0 radical (unpaired) electrons. The number of carbonyl (C=O) groups excluding carboxylic acids is 1. The molecule has 164 valence electrons. The van der Waals surface area contributed by atoms with E-state index in [0.29, 0.717) is 18.8 Å². The molecule has 6 nitrogen and oxygen atoms in total. The first-order valence-corrected chi connectivity index (χ1v) is 13.8. The average molecular weight is 476 g/mol. The van der Waals surface area contributed by atoms with Crippen molar-refractivity contribution in [2.24, 2.45) is 0 Å². The van der Waals surface area contributed by atoms with Gasteiger partial charge in [-0.25, -0.2) is 18.4 Å². The van der Waals surface area contributed by atoms with E-state index in [-0.39, 0.29) is 29.2 Å². The molecule has 0 aliphatic carbocycles. The summed E-state index contributed by atoms with van der Waals surface area (Å²) in [6.45, 7) is 6.40. The van der Waals surface area contributed by atoms with Crippen LogP contribution in [0, 0.1) is 20.8 Å². The molecule has 0 N–H and O–H groups in total. The van der Waals surface area contributed by atoms with Crippen LogP contribution in [-0.4, -0.2) is 52.5 Å². The first-order chi connectivity index (χ1) is 14.7. The maximum absolute atomic E-state index is 13.3. The van der Waals surface area contributed by atoms with Gasteiger partial charge in [-0.3, -0.25) is 4.79 Å².